The lowest BCUT2D eigenvalue weighted by molar-refractivity contribution is 0.0952. The van der Waals surface area contributed by atoms with Crippen molar-refractivity contribution in [2.75, 3.05) is 7.11 Å². The van der Waals surface area contributed by atoms with Gasteiger partial charge in [-0.25, -0.2) is 4.98 Å². The monoisotopic (exact) mass is 281 g/mol. The van der Waals surface area contributed by atoms with Crippen LogP contribution in [0.25, 0.3) is 10.9 Å². The van der Waals surface area contributed by atoms with Crippen molar-refractivity contribution >= 4 is 16.8 Å². The fourth-order valence-electron chi connectivity index (χ4n) is 2.20. The average molecular weight is 281 g/mol. The summed E-state index contributed by atoms with van der Waals surface area (Å²) in [6.45, 7) is 0.427. The highest BCUT2D eigenvalue weighted by molar-refractivity contribution is 6.06. The Kier molecular flexibility index (Phi) is 3.55. The SMILES string of the molecule is COc1ccc(CNC(=O)c2cccc3[nH]ccc23)cn1. The number of fused-ring (bicyclic) bond motifs is 1. The van der Waals surface area contributed by atoms with Gasteiger partial charge in [0.25, 0.3) is 5.91 Å². The van der Waals surface area contributed by atoms with Gasteiger partial charge < -0.3 is 15.0 Å². The number of carbonyl (C=O) groups is 1. The molecule has 0 saturated heterocycles. The molecule has 3 aromatic rings. The van der Waals surface area contributed by atoms with Gasteiger partial charge in [-0.1, -0.05) is 12.1 Å². The Morgan fingerprint density at radius 3 is 2.95 bits per heavy atom. The summed E-state index contributed by atoms with van der Waals surface area (Å²) in [5.41, 5.74) is 2.54. The third-order valence-corrected chi connectivity index (χ3v) is 3.30. The molecule has 106 valence electrons. The van der Waals surface area contributed by atoms with Crippen molar-refractivity contribution in [3.8, 4) is 5.88 Å². The maximum Gasteiger partial charge on any atom is 0.252 e. The second kappa shape index (κ2) is 5.66. The Hall–Kier alpha value is -2.82. The molecule has 5 heteroatoms. The van der Waals surface area contributed by atoms with Crippen molar-refractivity contribution in [3.05, 3.63) is 59.9 Å². The first-order chi connectivity index (χ1) is 10.3. The predicted octanol–water partition coefficient (Wildman–Crippen LogP) is 2.50. The molecule has 0 aliphatic carbocycles. The van der Waals surface area contributed by atoms with Gasteiger partial charge in [0.15, 0.2) is 0 Å². The number of aromatic amines is 1. The van der Waals surface area contributed by atoms with Crippen molar-refractivity contribution in [2.24, 2.45) is 0 Å². The molecule has 0 spiro atoms. The molecule has 0 unspecified atom stereocenters. The molecule has 2 aromatic heterocycles. The molecule has 5 nitrogen and oxygen atoms in total. The smallest absolute Gasteiger partial charge is 0.252 e. The number of nitrogens with zero attached hydrogens (tertiary/aromatic N) is 1. The second-order valence-electron chi connectivity index (χ2n) is 4.64. The highest BCUT2D eigenvalue weighted by atomic mass is 16.5. The minimum absolute atomic E-state index is 0.101. The standard InChI is InChI=1S/C16H15N3O2/c1-21-15-6-5-11(9-18-15)10-19-16(20)13-3-2-4-14-12(13)7-8-17-14/h2-9,17H,10H2,1H3,(H,19,20). The molecule has 3 rings (SSSR count). The Morgan fingerprint density at radius 2 is 2.19 bits per heavy atom. The van der Waals surface area contributed by atoms with E-state index in [4.69, 9.17) is 4.74 Å². The fraction of sp³-hybridized carbons (Fsp3) is 0.125. The molecule has 0 aliphatic heterocycles. The van der Waals surface area contributed by atoms with E-state index in [1.807, 2.05) is 36.5 Å². The summed E-state index contributed by atoms with van der Waals surface area (Å²) < 4.78 is 5.00. The topological polar surface area (TPSA) is 67.0 Å². The van der Waals surface area contributed by atoms with Gasteiger partial charge >= 0.3 is 0 Å². The minimum Gasteiger partial charge on any atom is -0.481 e. The highest BCUT2D eigenvalue weighted by Crippen LogP contribution is 2.17. The molecule has 0 aliphatic rings. The zero-order valence-corrected chi connectivity index (χ0v) is 11.6. The predicted molar refractivity (Wildman–Crippen MR) is 80.3 cm³/mol. The first-order valence-corrected chi connectivity index (χ1v) is 6.61. The van der Waals surface area contributed by atoms with E-state index in [1.54, 1.807) is 19.4 Å². The van der Waals surface area contributed by atoms with Crippen LogP contribution in [0.5, 0.6) is 5.88 Å². The van der Waals surface area contributed by atoms with Crippen LogP contribution < -0.4 is 10.1 Å². The number of H-pyrrole nitrogens is 1. The molecule has 1 aromatic carbocycles. The van der Waals surface area contributed by atoms with Crippen LogP contribution in [0.1, 0.15) is 15.9 Å². The summed E-state index contributed by atoms with van der Waals surface area (Å²) in [6, 6.07) is 11.2. The largest absolute Gasteiger partial charge is 0.481 e. The molecular formula is C16H15N3O2. The van der Waals surface area contributed by atoms with E-state index in [1.165, 1.54) is 0 Å². The second-order valence-corrected chi connectivity index (χ2v) is 4.64. The lowest BCUT2D eigenvalue weighted by Gasteiger charge is -2.07. The van der Waals surface area contributed by atoms with Crippen LogP contribution in [0, 0.1) is 0 Å². The highest BCUT2D eigenvalue weighted by Gasteiger charge is 2.10. The third-order valence-electron chi connectivity index (χ3n) is 3.30. The molecule has 0 radical (unpaired) electrons. The first-order valence-electron chi connectivity index (χ1n) is 6.61. The lowest BCUT2D eigenvalue weighted by atomic mass is 10.1. The first kappa shape index (κ1) is 13.2. The van der Waals surface area contributed by atoms with Gasteiger partial charge in [-0.3, -0.25) is 4.79 Å². The molecule has 2 N–H and O–H groups in total. The van der Waals surface area contributed by atoms with Crippen molar-refractivity contribution in [3.63, 3.8) is 0 Å². The van der Waals surface area contributed by atoms with E-state index in [0.29, 0.717) is 18.0 Å². The van der Waals surface area contributed by atoms with E-state index >= 15 is 0 Å². The average Bonchev–Trinajstić information content (AvgIpc) is 3.01. The summed E-state index contributed by atoms with van der Waals surface area (Å²) in [7, 11) is 1.57. The number of methoxy groups -OCH3 is 1. The van der Waals surface area contributed by atoms with Crippen LogP contribution in [-0.2, 0) is 6.54 Å². The molecule has 0 bridgehead atoms. The maximum absolute atomic E-state index is 12.3. The molecule has 2 heterocycles. The van der Waals surface area contributed by atoms with Crippen LogP contribution >= 0.6 is 0 Å². The molecule has 21 heavy (non-hydrogen) atoms. The number of amides is 1. The number of benzene rings is 1. The van der Waals surface area contributed by atoms with Crippen molar-refractivity contribution in [2.45, 2.75) is 6.54 Å². The van der Waals surface area contributed by atoms with Gasteiger partial charge in [0, 0.05) is 41.5 Å². The summed E-state index contributed by atoms with van der Waals surface area (Å²) >= 11 is 0. The molecule has 0 saturated carbocycles. The van der Waals surface area contributed by atoms with Crippen LogP contribution in [0.15, 0.2) is 48.8 Å². The van der Waals surface area contributed by atoms with E-state index in [9.17, 15) is 4.79 Å². The number of carbonyl (C=O) groups excluding carboxylic acids is 1. The maximum atomic E-state index is 12.3. The van der Waals surface area contributed by atoms with Gasteiger partial charge in [-0.15, -0.1) is 0 Å². The number of hydrogen-bond donors (Lipinski definition) is 2. The summed E-state index contributed by atoms with van der Waals surface area (Å²) in [5.74, 6) is 0.457. The normalized spacial score (nSPS) is 10.5. The molecule has 0 atom stereocenters. The van der Waals surface area contributed by atoms with Crippen LogP contribution in [0.2, 0.25) is 0 Å². The van der Waals surface area contributed by atoms with Crippen molar-refractivity contribution in [1.82, 2.24) is 15.3 Å². The Bertz CT molecular complexity index is 763. The Morgan fingerprint density at radius 1 is 1.29 bits per heavy atom. The zero-order valence-electron chi connectivity index (χ0n) is 11.6. The van der Waals surface area contributed by atoms with Gasteiger partial charge in [0.05, 0.1) is 7.11 Å². The number of hydrogen-bond acceptors (Lipinski definition) is 3. The number of ether oxygens (including phenoxy) is 1. The van der Waals surface area contributed by atoms with Gasteiger partial charge in [-0.05, 0) is 23.8 Å². The van der Waals surface area contributed by atoms with Crippen LogP contribution in [0.3, 0.4) is 0 Å². The molecule has 0 fully saturated rings. The zero-order chi connectivity index (χ0) is 14.7. The van der Waals surface area contributed by atoms with Gasteiger partial charge in [0.2, 0.25) is 5.88 Å². The van der Waals surface area contributed by atoms with Crippen LogP contribution in [0.4, 0.5) is 0 Å². The Balaban J connectivity index is 1.72. The number of pyridine rings is 1. The quantitative estimate of drug-likeness (QED) is 0.772. The van der Waals surface area contributed by atoms with Crippen molar-refractivity contribution in [1.29, 1.82) is 0 Å². The van der Waals surface area contributed by atoms with Gasteiger partial charge in [0.1, 0.15) is 0 Å². The van der Waals surface area contributed by atoms with E-state index in [2.05, 4.69) is 15.3 Å². The Labute approximate surface area is 122 Å². The third kappa shape index (κ3) is 2.72. The van der Waals surface area contributed by atoms with Crippen LogP contribution in [-0.4, -0.2) is 23.0 Å². The van der Waals surface area contributed by atoms with Gasteiger partial charge in [-0.2, -0.15) is 0 Å². The van der Waals surface area contributed by atoms with E-state index in [-0.39, 0.29) is 5.91 Å². The van der Waals surface area contributed by atoms with Crippen molar-refractivity contribution < 1.29 is 9.53 Å². The summed E-state index contributed by atoms with van der Waals surface area (Å²) in [5, 5.41) is 3.82. The molecule has 1 amide bonds. The molecular weight excluding hydrogens is 266 g/mol. The van der Waals surface area contributed by atoms with E-state index in [0.717, 1.165) is 16.5 Å². The summed E-state index contributed by atoms with van der Waals surface area (Å²) in [4.78, 5) is 19.5. The minimum atomic E-state index is -0.101. The number of aromatic nitrogens is 2. The fourth-order valence-corrected chi connectivity index (χ4v) is 2.20. The number of rotatable bonds is 4. The summed E-state index contributed by atoms with van der Waals surface area (Å²) in [6.07, 6.45) is 3.52. The lowest BCUT2D eigenvalue weighted by Crippen LogP contribution is -2.23. The number of nitrogens with one attached hydrogen (secondary N) is 2. The van der Waals surface area contributed by atoms with E-state index < -0.39 is 0 Å².